The second-order valence-electron chi connectivity index (χ2n) is 4.42. The number of phenols is 1. The van der Waals surface area contributed by atoms with Crippen molar-refractivity contribution in [1.29, 1.82) is 0 Å². The standard InChI is InChI=1S/C13H17N3OS/c1-9-15-12(8-18-9)7-16(2)6-10-5-11(14)3-4-13(10)17/h3-5,8,17H,6-7,14H2,1-2H3. The first-order chi connectivity index (χ1) is 8.54. The second-order valence-corrected chi connectivity index (χ2v) is 5.48. The number of thiazole rings is 1. The van der Waals surface area contributed by atoms with E-state index >= 15 is 0 Å². The lowest BCUT2D eigenvalue weighted by Crippen LogP contribution is -2.17. The van der Waals surface area contributed by atoms with Crippen LogP contribution in [0.1, 0.15) is 16.3 Å². The van der Waals surface area contributed by atoms with Crippen LogP contribution >= 0.6 is 11.3 Å². The van der Waals surface area contributed by atoms with Crippen LogP contribution in [0.4, 0.5) is 5.69 Å². The summed E-state index contributed by atoms with van der Waals surface area (Å²) in [5.41, 5.74) is 8.28. The highest BCUT2D eigenvalue weighted by molar-refractivity contribution is 7.09. The molecule has 0 aliphatic rings. The number of phenolic OH excluding ortho intramolecular Hbond substituents is 1. The summed E-state index contributed by atoms with van der Waals surface area (Å²) in [6, 6.07) is 5.13. The van der Waals surface area contributed by atoms with Crippen LogP contribution in [0.3, 0.4) is 0 Å². The molecule has 0 unspecified atom stereocenters. The number of nitrogens with zero attached hydrogens (tertiary/aromatic N) is 2. The molecule has 0 bridgehead atoms. The first kappa shape index (κ1) is 12.9. The lowest BCUT2D eigenvalue weighted by atomic mass is 10.1. The van der Waals surface area contributed by atoms with Crippen molar-refractivity contribution < 1.29 is 5.11 Å². The molecule has 3 N–H and O–H groups in total. The van der Waals surface area contributed by atoms with E-state index in [-0.39, 0.29) is 5.75 Å². The maximum atomic E-state index is 9.76. The summed E-state index contributed by atoms with van der Waals surface area (Å²) in [6.45, 7) is 3.41. The summed E-state index contributed by atoms with van der Waals surface area (Å²) in [6.07, 6.45) is 0. The Morgan fingerprint density at radius 2 is 2.17 bits per heavy atom. The van der Waals surface area contributed by atoms with E-state index in [0.717, 1.165) is 22.8 Å². The van der Waals surface area contributed by atoms with Gasteiger partial charge in [-0.15, -0.1) is 11.3 Å². The molecule has 4 nitrogen and oxygen atoms in total. The Morgan fingerprint density at radius 3 is 2.83 bits per heavy atom. The molecule has 0 fully saturated rings. The lowest BCUT2D eigenvalue weighted by Gasteiger charge is -2.16. The van der Waals surface area contributed by atoms with E-state index in [0.29, 0.717) is 12.2 Å². The molecule has 2 aromatic rings. The quantitative estimate of drug-likeness (QED) is 0.656. The third kappa shape index (κ3) is 3.21. The van der Waals surface area contributed by atoms with Crippen molar-refractivity contribution in [3.8, 4) is 5.75 Å². The number of aromatic nitrogens is 1. The summed E-state index contributed by atoms with van der Waals surface area (Å²) in [5, 5.41) is 12.9. The molecule has 1 heterocycles. The Balaban J connectivity index is 2.02. The van der Waals surface area contributed by atoms with Crippen molar-refractivity contribution >= 4 is 17.0 Å². The molecule has 0 saturated heterocycles. The number of hydrogen-bond acceptors (Lipinski definition) is 5. The van der Waals surface area contributed by atoms with Crippen molar-refractivity contribution in [3.63, 3.8) is 0 Å². The zero-order chi connectivity index (χ0) is 13.1. The SMILES string of the molecule is Cc1nc(CN(C)Cc2cc(N)ccc2O)cs1. The number of nitrogens with two attached hydrogens (primary N) is 1. The van der Waals surface area contributed by atoms with Gasteiger partial charge in [-0.05, 0) is 32.2 Å². The molecule has 0 atom stereocenters. The lowest BCUT2D eigenvalue weighted by molar-refractivity contribution is 0.309. The van der Waals surface area contributed by atoms with Gasteiger partial charge in [0.1, 0.15) is 5.75 Å². The van der Waals surface area contributed by atoms with Gasteiger partial charge in [0, 0.05) is 29.7 Å². The molecule has 1 aromatic carbocycles. The van der Waals surface area contributed by atoms with Crippen molar-refractivity contribution in [3.05, 3.63) is 39.8 Å². The molecular weight excluding hydrogens is 246 g/mol. The smallest absolute Gasteiger partial charge is 0.120 e. The predicted molar refractivity (Wildman–Crippen MR) is 74.5 cm³/mol. The van der Waals surface area contributed by atoms with Crippen LogP contribution in [0.25, 0.3) is 0 Å². The number of anilines is 1. The highest BCUT2D eigenvalue weighted by atomic mass is 32.1. The topological polar surface area (TPSA) is 62.4 Å². The predicted octanol–water partition coefficient (Wildman–Crippen LogP) is 2.37. The normalized spacial score (nSPS) is 11.1. The molecule has 0 amide bonds. The van der Waals surface area contributed by atoms with E-state index < -0.39 is 0 Å². The summed E-state index contributed by atoms with van der Waals surface area (Å²) in [4.78, 5) is 6.52. The third-order valence-corrected chi connectivity index (χ3v) is 3.46. The molecule has 0 spiro atoms. The number of nitrogen functional groups attached to an aromatic ring is 1. The number of aromatic hydroxyl groups is 1. The first-order valence-corrected chi connectivity index (χ1v) is 6.59. The summed E-state index contributed by atoms with van der Waals surface area (Å²) in [7, 11) is 2.00. The van der Waals surface area contributed by atoms with E-state index in [1.165, 1.54) is 0 Å². The average Bonchev–Trinajstić information content (AvgIpc) is 2.69. The van der Waals surface area contributed by atoms with Gasteiger partial charge >= 0.3 is 0 Å². The van der Waals surface area contributed by atoms with E-state index in [1.54, 1.807) is 29.5 Å². The van der Waals surface area contributed by atoms with Crippen LogP contribution in [-0.4, -0.2) is 22.0 Å². The fraction of sp³-hybridized carbons (Fsp3) is 0.308. The highest BCUT2D eigenvalue weighted by Crippen LogP contribution is 2.21. The van der Waals surface area contributed by atoms with E-state index in [1.807, 2.05) is 14.0 Å². The monoisotopic (exact) mass is 263 g/mol. The van der Waals surface area contributed by atoms with E-state index in [2.05, 4.69) is 15.3 Å². The van der Waals surface area contributed by atoms with E-state index in [9.17, 15) is 5.11 Å². The van der Waals surface area contributed by atoms with E-state index in [4.69, 9.17) is 5.73 Å². The molecule has 0 radical (unpaired) electrons. The van der Waals surface area contributed by atoms with Crippen LogP contribution in [0.5, 0.6) is 5.75 Å². The summed E-state index contributed by atoms with van der Waals surface area (Å²) < 4.78 is 0. The fourth-order valence-corrected chi connectivity index (χ4v) is 2.44. The van der Waals surface area contributed by atoms with Crippen LogP contribution < -0.4 is 5.73 Å². The largest absolute Gasteiger partial charge is 0.508 e. The Bertz CT molecular complexity index is 539. The van der Waals surface area contributed by atoms with Gasteiger partial charge in [0.2, 0.25) is 0 Å². The van der Waals surface area contributed by atoms with Crippen LogP contribution in [-0.2, 0) is 13.1 Å². The Hall–Kier alpha value is -1.59. The molecule has 0 aliphatic heterocycles. The molecule has 1 aromatic heterocycles. The Kier molecular flexibility index (Phi) is 3.84. The van der Waals surface area contributed by atoms with Gasteiger partial charge < -0.3 is 10.8 Å². The maximum absolute atomic E-state index is 9.76. The van der Waals surface area contributed by atoms with Crippen LogP contribution in [0, 0.1) is 6.92 Å². The zero-order valence-electron chi connectivity index (χ0n) is 10.6. The van der Waals surface area contributed by atoms with Crippen LogP contribution in [0.2, 0.25) is 0 Å². The van der Waals surface area contributed by atoms with Gasteiger partial charge in [0.25, 0.3) is 0 Å². The minimum absolute atomic E-state index is 0.283. The summed E-state index contributed by atoms with van der Waals surface area (Å²) in [5.74, 6) is 0.283. The fourth-order valence-electron chi connectivity index (χ4n) is 1.84. The number of rotatable bonds is 4. The van der Waals surface area contributed by atoms with Gasteiger partial charge in [-0.2, -0.15) is 0 Å². The molecule has 5 heteroatoms. The number of aryl methyl sites for hydroxylation is 1. The van der Waals surface area contributed by atoms with Crippen molar-refractivity contribution in [2.45, 2.75) is 20.0 Å². The maximum Gasteiger partial charge on any atom is 0.120 e. The molecule has 2 rings (SSSR count). The molecule has 96 valence electrons. The minimum atomic E-state index is 0.283. The number of hydrogen-bond donors (Lipinski definition) is 2. The zero-order valence-corrected chi connectivity index (χ0v) is 11.4. The second kappa shape index (κ2) is 5.37. The summed E-state index contributed by atoms with van der Waals surface area (Å²) >= 11 is 1.65. The third-order valence-electron chi connectivity index (χ3n) is 2.64. The van der Waals surface area contributed by atoms with Crippen molar-refractivity contribution in [2.24, 2.45) is 0 Å². The van der Waals surface area contributed by atoms with Gasteiger partial charge in [-0.3, -0.25) is 4.90 Å². The van der Waals surface area contributed by atoms with Crippen LogP contribution in [0.15, 0.2) is 23.6 Å². The molecule has 18 heavy (non-hydrogen) atoms. The van der Waals surface area contributed by atoms with Gasteiger partial charge in [-0.25, -0.2) is 4.98 Å². The molecule has 0 saturated carbocycles. The van der Waals surface area contributed by atoms with Gasteiger partial charge in [-0.1, -0.05) is 0 Å². The Labute approximate surface area is 111 Å². The van der Waals surface area contributed by atoms with Gasteiger partial charge in [0.15, 0.2) is 0 Å². The van der Waals surface area contributed by atoms with Crippen molar-refractivity contribution in [1.82, 2.24) is 9.88 Å². The number of benzene rings is 1. The first-order valence-electron chi connectivity index (χ1n) is 5.71. The molecule has 0 aliphatic carbocycles. The Morgan fingerprint density at radius 1 is 1.39 bits per heavy atom. The van der Waals surface area contributed by atoms with Gasteiger partial charge in [0.05, 0.1) is 10.7 Å². The minimum Gasteiger partial charge on any atom is -0.508 e. The average molecular weight is 263 g/mol. The van der Waals surface area contributed by atoms with Crippen molar-refractivity contribution in [2.75, 3.05) is 12.8 Å². The molecular formula is C13H17N3OS. The highest BCUT2D eigenvalue weighted by Gasteiger charge is 2.08.